The molecule has 0 radical (unpaired) electrons. The standard InChI is InChI=1S/C9H7IN2O2/c1-12-8(13)6-4-5(10)2-3-7(6)11-9(12)14/h2-4H,1H3,(H,11,14). The maximum absolute atomic E-state index is 11.6. The summed E-state index contributed by atoms with van der Waals surface area (Å²) < 4.78 is 2.04. The monoisotopic (exact) mass is 302 g/mol. The van der Waals surface area contributed by atoms with Crippen LogP contribution in [0.25, 0.3) is 10.9 Å². The molecule has 1 aromatic carbocycles. The molecule has 0 aliphatic carbocycles. The third-order valence-corrected chi connectivity index (χ3v) is 2.73. The van der Waals surface area contributed by atoms with Crippen molar-refractivity contribution in [1.29, 1.82) is 0 Å². The quantitative estimate of drug-likeness (QED) is 0.733. The number of hydrogen-bond donors (Lipinski definition) is 1. The number of halogens is 1. The summed E-state index contributed by atoms with van der Waals surface area (Å²) in [6.45, 7) is 0. The smallest absolute Gasteiger partial charge is 0.307 e. The molecule has 1 aromatic heterocycles. The third kappa shape index (κ3) is 1.37. The van der Waals surface area contributed by atoms with Crippen molar-refractivity contribution in [3.63, 3.8) is 0 Å². The lowest BCUT2D eigenvalue weighted by molar-refractivity contribution is 0.794. The Kier molecular flexibility index (Phi) is 2.18. The second-order valence-electron chi connectivity index (χ2n) is 2.98. The molecule has 0 unspecified atom stereocenters. The minimum absolute atomic E-state index is 0.262. The molecular formula is C9H7IN2O2. The normalized spacial score (nSPS) is 10.7. The van der Waals surface area contributed by atoms with Crippen LogP contribution in [0.4, 0.5) is 0 Å². The van der Waals surface area contributed by atoms with Crippen LogP contribution in [0.1, 0.15) is 0 Å². The van der Waals surface area contributed by atoms with Gasteiger partial charge in [-0.05, 0) is 40.8 Å². The van der Waals surface area contributed by atoms with E-state index >= 15 is 0 Å². The number of aromatic amines is 1. The average molecular weight is 302 g/mol. The molecule has 1 N–H and O–H groups in total. The van der Waals surface area contributed by atoms with Gasteiger partial charge in [-0.15, -0.1) is 0 Å². The van der Waals surface area contributed by atoms with Crippen molar-refractivity contribution in [1.82, 2.24) is 9.55 Å². The number of H-pyrrole nitrogens is 1. The summed E-state index contributed by atoms with van der Waals surface area (Å²) in [5, 5.41) is 0.541. The Bertz CT molecular complexity index is 612. The van der Waals surface area contributed by atoms with Crippen molar-refractivity contribution >= 4 is 33.5 Å². The first-order chi connectivity index (χ1) is 6.59. The van der Waals surface area contributed by atoms with Gasteiger partial charge in [-0.3, -0.25) is 9.36 Å². The molecule has 4 nitrogen and oxygen atoms in total. The molecule has 0 amide bonds. The van der Waals surface area contributed by atoms with E-state index in [2.05, 4.69) is 27.6 Å². The molecule has 0 spiro atoms. The first-order valence-electron chi connectivity index (χ1n) is 3.98. The summed E-state index contributed by atoms with van der Waals surface area (Å²) in [4.78, 5) is 25.5. The fourth-order valence-corrected chi connectivity index (χ4v) is 1.77. The summed E-state index contributed by atoms with van der Waals surface area (Å²) in [6.07, 6.45) is 0. The second-order valence-corrected chi connectivity index (χ2v) is 4.23. The summed E-state index contributed by atoms with van der Waals surface area (Å²) >= 11 is 2.12. The SMILES string of the molecule is Cn1c(=O)[nH]c2ccc(I)cc2c1=O. The Hall–Kier alpha value is -1.11. The molecule has 2 aromatic rings. The van der Waals surface area contributed by atoms with Crippen molar-refractivity contribution in [2.24, 2.45) is 7.05 Å². The van der Waals surface area contributed by atoms with E-state index in [0.717, 1.165) is 8.14 Å². The lowest BCUT2D eigenvalue weighted by atomic mass is 10.2. The molecule has 0 saturated carbocycles. The number of nitrogens with zero attached hydrogens (tertiary/aromatic N) is 1. The number of benzene rings is 1. The first-order valence-corrected chi connectivity index (χ1v) is 5.06. The van der Waals surface area contributed by atoms with Crippen molar-refractivity contribution in [3.05, 3.63) is 42.6 Å². The topological polar surface area (TPSA) is 54.9 Å². The van der Waals surface area contributed by atoms with Crippen LogP contribution in [0.2, 0.25) is 0 Å². The van der Waals surface area contributed by atoms with Crippen molar-refractivity contribution in [2.75, 3.05) is 0 Å². The van der Waals surface area contributed by atoms with Crippen LogP contribution in [-0.2, 0) is 7.05 Å². The fourth-order valence-electron chi connectivity index (χ4n) is 1.27. The van der Waals surface area contributed by atoms with E-state index < -0.39 is 0 Å². The van der Waals surface area contributed by atoms with Crippen molar-refractivity contribution in [3.8, 4) is 0 Å². The molecule has 2 rings (SSSR count). The predicted molar refractivity (Wildman–Crippen MR) is 62.5 cm³/mol. The van der Waals surface area contributed by atoms with E-state index in [-0.39, 0.29) is 11.2 Å². The minimum Gasteiger partial charge on any atom is -0.307 e. The lowest BCUT2D eigenvalue weighted by Gasteiger charge is -2.00. The zero-order chi connectivity index (χ0) is 10.3. The second kappa shape index (κ2) is 3.23. The van der Waals surface area contributed by atoms with Crippen LogP contribution >= 0.6 is 22.6 Å². The summed E-state index contributed by atoms with van der Waals surface area (Å²) in [7, 11) is 1.46. The van der Waals surface area contributed by atoms with E-state index in [1.807, 2.05) is 6.07 Å². The van der Waals surface area contributed by atoms with E-state index in [0.29, 0.717) is 10.9 Å². The molecule has 0 atom stereocenters. The number of rotatable bonds is 0. The van der Waals surface area contributed by atoms with Crippen LogP contribution in [-0.4, -0.2) is 9.55 Å². The van der Waals surface area contributed by atoms with Crippen LogP contribution in [0.3, 0.4) is 0 Å². The van der Waals surface area contributed by atoms with Crippen molar-refractivity contribution < 1.29 is 0 Å². The minimum atomic E-state index is -0.385. The fraction of sp³-hybridized carbons (Fsp3) is 0.111. The van der Waals surface area contributed by atoms with Gasteiger partial charge < -0.3 is 4.98 Å². The van der Waals surface area contributed by atoms with E-state index in [1.165, 1.54) is 7.05 Å². The molecular weight excluding hydrogens is 295 g/mol. The van der Waals surface area contributed by atoms with E-state index in [4.69, 9.17) is 0 Å². The van der Waals surface area contributed by atoms with Crippen LogP contribution in [0.15, 0.2) is 27.8 Å². The van der Waals surface area contributed by atoms with Crippen molar-refractivity contribution in [2.45, 2.75) is 0 Å². The lowest BCUT2D eigenvalue weighted by Crippen LogP contribution is -2.32. The number of hydrogen-bond acceptors (Lipinski definition) is 2. The number of fused-ring (bicyclic) bond motifs is 1. The van der Waals surface area contributed by atoms with Gasteiger partial charge in [0.2, 0.25) is 0 Å². The molecule has 14 heavy (non-hydrogen) atoms. The van der Waals surface area contributed by atoms with Gasteiger partial charge in [-0.1, -0.05) is 0 Å². The highest BCUT2D eigenvalue weighted by atomic mass is 127. The highest BCUT2D eigenvalue weighted by Crippen LogP contribution is 2.10. The average Bonchev–Trinajstić information content (AvgIpc) is 2.16. The molecule has 0 saturated heterocycles. The first kappa shape index (κ1) is 9.45. The Balaban J connectivity index is 3.07. The highest BCUT2D eigenvalue weighted by molar-refractivity contribution is 14.1. The molecule has 0 bridgehead atoms. The van der Waals surface area contributed by atoms with Gasteiger partial charge in [-0.25, -0.2) is 4.79 Å². The number of nitrogens with one attached hydrogen (secondary N) is 1. The molecule has 0 aliphatic heterocycles. The van der Waals surface area contributed by atoms with Gasteiger partial charge >= 0.3 is 5.69 Å². The van der Waals surface area contributed by atoms with Gasteiger partial charge in [0.25, 0.3) is 5.56 Å². The maximum Gasteiger partial charge on any atom is 0.328 e. The maximum atomic E-state index is 11.6. The zero-order valence-electron chi connectivity index (χ0n) is 7.37. The van der Waals surface area contributed by atoms with Crippen LogP contribution in [0.5, 0.6) is 0 Å². The highest BCUT2D eigenvalue weighted by Gasteiger charge is 2.03. The zero-order valence-corrected chi connectivity index (χ0v) is 9.53. The Morgan fingerprint density at radius 1 is 1.36 bits per heavy atom. The van der Waals surface area contributed by atoms with Gasteiger partial charge in [0.05, 0.1) is 10.9 Å². The van der Waals surface area contributed by atoms with E-state index in [9.17, 15) is 9.59 Å². The predicted octanol–water partition coefficient (Wildman–Crippen LogP) is 0.831. The Morgan fingerprint density at radius 2 is 2.07 bits per heavy atom. The van der Waals surface area contributed by atoms with Gasteiger partial charge in [0, 0.05) is 10.6 Å². The Labute approximate surface area is 92.7 Å². The van der Waals surface area contributed by atoms with Crippen LogP contribution < -0.4 is 11.2 Å². The van der Waals surface area contributed by atoms with Crippen LogP contribution in [0, 0.1) is 3.57 Å². The molecule has 0 aliphatic rings. The van der Waals surface area contributed by atoms with E-state index in [1.54, 1.807) is 12.1 Å². The molecule has 0 fully saturated rings. The third-order valence-electron chi connectivity index (χ3n) is 2.06. The van der Waals surface area contributed by atoms with Gasteiger partial charge in [0.15, 0.2) is 0 Å². The molecule has 1 heterocycles. The Morgan fingerprint density at radius 3 is 2.79 bits per heavy atom. The summed E-state index contributed by atoms with van der Waals surface area (Å²) in [5.41, 5.74) is -0.0653. The number of aromatic nitrogens is 2. The largest absolute Gasteiger partial charge is 0.328 e. The molecule has 5 heteroatoms. The summed E-state index contributed by atoms with van der Waals surface area (Å²) in [5.74, 6) is 0. The van der Waals surface area contributed by atoms with Gasteiger partial charge in [0.1, 0.15) is 0 Å². The molecule has 72 valence electrons. The van der Waals surface area contributed by atoms with Gasteiger partial charge in [-0.2, -0.15) is 0 Å². The summed E-state index contributed by atoms with van der Waals surface area (Å²) in [6, 6.07) is 5.34.